The van der Waals surface area contributed by atoms with Gasteiger partial charge in [-0.3, -0.25) is 9.59 Å². The molecule has 6 nitrogen and oxygen atoms in total. The fourth-order valence-electron chi connectivity index (χ4n) is 3.29. The van der Waals surface area contributed by atoms with Crippen LogP contribution in [0.5, 0.6) is 0 Å². The normalized spacial score (nSPS) is 48.6. The largest absolute Gasteiger partial charge is 0.462 e. The predicted molar refractivity (Wildman–Crippen MR) is 59.8 cm³/mol. The van der Waals surface area contributed by atoms with Crippen LogP contribution in [-0.2, 0) is 28.5 Å². The minimum absolute atomic E-state index is 0.194. The maximum atomic E-state index is 12.1. The van der Waals surface area contributed by atoms with E-state index < -0.39 is 5.79 Å². The zero-order valence-electron chi connectivity index (χ0n) is 10.5. The van der Waals surface area contributed by atoms with Gasteiger partial charge < -0.3 is 18.9 Å². The van der Waals surface area contributed by atoms with Crippen LogP contribution in [0.3, 0.4) is 0 Å². The van der Waals surface area contributed by atoms with Gasteiger partial charge in [0.25, 0.3) is 0 Å². The van der Waals surface area contributed by atoms with Crippen molar-refractivity contribution in [3.63, 3.8) is 0 Å². The zero-order chi connectivity index (χ0) is 13.0. The molecule has 3 heterocycles. The van der Waals surface area contributed by atoms with Crippen molar-refractivity contribution in [3.8, 4) is 0 Å². The average molecular weight is 268 g/mol. The molecule has 1 aliphatic carbocycles. The molecule has 1 spiro atoms. The van der Waals surface area contributed by atoms with E-state index in [0.29, 0.717) is 12.8 Å². The van der Waals surface area contributed by atoms with Crippen molar-refractivity contribution >= 4 is 11.9 Å². The monoisotopic (exact) mass is 268 g/mol. The summed E-state index contributed by atoms with van der Waals surface area (Å²) in [6, 6.07) is 0. The van der Waals surface area contributed by atoms with Crippen LogP contribution >= 0.6 is 0 Å². The Kier molecular flexibility index (Phi) is 2.41. The molecule has 3 aliphatic heterocycles. The molecule has 4 atom stereocenters. The van der Waals surface area contributed by atoms with Crippen molar-refractivity contribution in [2.75, 3.05) is 13.2 Å². The predicted octanol–water partition coefficient (Wildman–Crippen LogP) is 0.387. The second-order valence-corrected chi connectivity index (χ2v) is 5.69. The van der Waals surface area contributed by atoms with Crippen molar-refractivity contribution in [2.45, 2.75) is 43.7 Å². The summed E-state index contributed by atoms with van der Waals surface area (Å²) in [4.78, 5) is 24.2. The molecule has 0 aromatic rings. The first-order valence-electron chi connectivity index (χ1n) is 6.89. The number of fused-ring (bicyclic) bond motifs is 1. The highest BCUT2D eigenvalue weighted by Crippen LogP contribution is 2.55. The molecule has 4 fully saturated rings. The third-order valence-electron chi connectivity index (χ3n) is 4.56. The third-order valence-corrected chi connectivity index (χ3v) is 4.56. The molecule has 3 saturated heterocycles. The molecule has 4 rings (SSSR count). The van der Waals surface area contributed by atoms with E-state index in [4.69, 9.17) is 18.9 Å². The first kappa shape index (κ1) is 11.7. The molecule has 6 heteroatoms. The summed E-state index contributed by atoms with van der Waals surface area (Å²) in [5.74, 6) is -1.94. The number of hydrogen-bond donors (Lipinski definition) is 0. The highest BCUT2D eigenvalue weighted by Gasteiger charge is 2.77. The van der Waals surface area contributed by atoms with Crippen LogP contribution in [0.1, 0.15) is 25.7 Å². The highest BCUT2D eigenvalue weighted by molar-refractivity contribution is 5.82. The van der Waals surface area contributed by atoms with E-state index in [1.165, 1.54) is 0 Å². The lowest BCUT2D eigenvalue weighted by atomic mass is 9.79. The highest BCUT2D eigenvalue weighted by atomic mass is 16.9. The number of cyclic esters (lactones) is 2. The van der Waals surface area contributed by atoms with E-state index in [1.807, 2.05) is 0 Å². The Hall–Kier alpha value is -1.14. The average Bonchev–Trinajstić information content (AvgIpc) is 3.32. The van der Waals surface area contributed by atoms with Crippen LogP contribution in [0.2, 0.25) is 0 Å². The number of hydrogen-bond acceptors (Lipinski definition) is 6. The molecule has 0 amide bonds. The van der Waals surface area contributed by atoms with Crippen LogP contribution < -0.4 is 0 Å². The second-order valence-electron chi connectivity index (χ2n) is 5.69. The Labute approximate surface area is 110 Å². The summed E-state index contributed by atoms with van der Waals surface area (Å²) in [5.41, 5.74) is 0. The van der Waals surface area contributed by atoms with Crippen LogP contribution in [-0.4, -0.2) is 43.1 Å². The summed E-state index contributed by atoms with van der Waals surface area (Å²) in [6.45, 7) is 0.430. The van der Waals surface area contributed by atoms with Crippen LogP contribution in [0, 0.1) is 11.8 Å². The van der Waals surface area contributed by atoms with Crippen molar-refractivity contribution in [1.29, 1.82) is 0 Å². The maximum Gasteiger partial charge on any atom is 0.309 e. The Morgan fingerprint density at radius 2 is 1.32 bits per heavy atom. The number of epoxide rings is 2. The van der Waals surface area contributed by atoms with Gasteiger partial charge in [-0.25, -0.2) is 0 Å². The Bertz CT molecular complexity index is 393. The van der Waals surface area contributed by atoms with E-state index >= 15 is 0 Å². The first-order valence-corrected chi connectivity index (χ1v) is 6.89. The smallest absolute Gasteiger partial charge is 0.309 e. The van der Waals surface area contributed by atoms with Crippen molar-refractivity contribution in [2.24, 2.45) is 11.8 Å². The minimum atomic E-state index is -0.629. The second kappa shape index (κ2) is 3.93. The lowest BCUT2D eigenvalue weighted by Crippen LogP contribution is -2.35. The molecular weight excluding hydrogens is 252 g/mol. The van der Waals surface area contributed by atoms with Gasteiger partial charge in [0.05, 0.1) is 11.8 Å². The van der Waals surface area contributed by atoms with E-state index in [-0.39, 0.29) is 49.2 Å². The number of rotatable bonds is 0. The van der Waals surface area contributed by atoms with E-state index in [2.05, 4.69) is 0 Å². The molecule has 0 bridgehead atoms. The number of ether oxygens (including phenoxy) is 4. The van der Waals surface area contributed by atoms with Gasteiger partial charge in [0.15, 0.2) is 12.2 Å². The van der Waals surface area contributed by atoms with Crippen LogP contribution in [0.25, 0.3) is 0 Å². The summed E-state index contributed by atoms with van der Waals surface area (Å²) in [7, 11) is 0. The first-order chi connectivity index (χ1) is 9.21. The van der Waals surface area contributed by atoms with Gasteiger partial charge in [-0.1, -0.05) is 12.8 Å². The van der Waals surface area contributed by atoms with Crippen LogP contribution in [0.15, 0.2) is 0 Å². The lowest BCUT2D eigenvalue weighted by Gasteiger charge is -2.27. The summed E-state index contributed by atoms with van der Waals surface area (Å²) >= 11 is 0. The molecule has 104 valence electrons. The molecular formula is C13H16O6. The molecule has 1 saturated carbocycles. The number of carbonyl (C=O) groups is 2. The Balaban J connectivity index is 1.54. The van der Waals surface area contributed by atoms with Gasteiger partial charge in [-0.05, 0) is 12.8 Å². The molecule has 4 unspecified atom stereocenters. The molecule has 0 aromatic heterocycles. The fourth-order valence-corrected chi connectivity index (χ4v) is 3.29. The van der Waals surface area contributed by atoms with Gasteiger partial charge in [-0.15, -0.1) is 0 Å². The third kappa shape index (κ3) is 1.77. The Morgan fingerprint density at radius 3 is 1.79 bits per heavy atom. The van der Waals surface area contributed by atoms with Gasteiger partial charge >= 0.3 is 11.9 Å². The minimum Gasteiger partial charge on any atom is -0.462 e. The molecule has 0 N–H and O–H groups in total. The van der Waals surface area contributed by atoms with Gasteiger partial charge in [-0.2, -0.15) is 0 Å². The van der Waals surface area contributed by atoms with Crippen molar-refractivity contribution < 1.29 is 28.5 Å². The lowest BCUT2D eigenvalue weighted by molar-refractivity contribution is -0.163. The molecule has 4 aliphatic rings. The maximum absolute atomic E-state index is 12.1. The fraction of sp³-hybridized carbons (Fsp3) is 0.846. The van der Waals surface area contributed by atoms with E-state index in [1.54, 1.807) is 0 Å². The van der Waals surface area contributed by atoms with Crippen molar-refractivity contribution in [1.82, 2.24) is 0 Å². The van der Waals surface area contributed by atoms with Crippen molar-refractivity contribution in [3.05, 3.63) is 0 Å². The van der Waals surface area contributed by atoms with Gasteiger partial charge in [0, 0.05) is 0 Å². The summed E-state index contributed by atoms with van der Waals surface area (Å²) in [6.07, 6.45) is 2.93. The topological polar surface area (TPSA) is 77.7 Å². The summed E-state index contributed by atoms with van der Waals surface area (Å²) < 4.78 is 21.3. The summed E-state index contributed by atoms with van der Waals surface area (Å²) in [5, 5.41) is 0. The quantitative estimate of drug-likeness (QED) is 0.467. The number of esters is 2. The molecule has 0 aromatic carbocycles. The van der Waals surface area contributed by atoms with E-state index in [9.17, 15) is 9.59 Å². The SMILES string of the molecule is O=C1OCC2OC23OC3COC(=O)C2CCCCC12. The Morgan fingerprint density at radius 1 is 0.842 bits per heavy atom. The van der Waals surface area contributed by atoms with Gasteiger partial charge in [0.1, 0.15) is 13.2 Å². The van der Waals surface area contributed by atoms with Crippen LogP contribution in [0.4, 0.5) is 0 Å². The van der Waals surface area contributed by atoms with Gasteiger partial charge in [0.2, 0.25) is 5.79 Å². The number of carbonyl (C=O) groups excluding carboxylic acids is 2. The molecule has 0 radical (unpaired) electrons. The van der Waals surface area contributed by atoms with E-state index in [0.717, 1.165) is 12.8 Å². The molecule has 19 heavy (non-hydrogen) atoms. The standard InChI is InChI=1S/C13H16O6/c14-11-7-3-1-2-4-8(7)12(15)17-6-10-13(19-10)9(18-13)5-16-11/h7-10H,1-6H2. The zero-order valence-corrected chi connectivity index (χ0v) is 10.5.